The molecular formula is C14H17NO5. The molecule has 0 radical (unpaired) electrons. The third-order valence-corrected chi connectivity index (χ3v) is 3.86. The monoisotopic (exact) mass is 279 g/mol. The van der Waals surface area contributed by atoms with Gasteiger partial charge in [-0.05, 0) is 25.0 Å². The van der Waals surface area contributed by atoms with Crippen LogP contribution in [0.4, 0.5) is 5.69 Å². The van der Waals surface area contributed by atoms with Crippen molar-refractivity contribution in [3.63, 3.8) is 0 Å². The molecule has 2 fully saturated rings. The van der Waals surface area contributed by atoms with Crippen LogP contribution in [-0.2, 0) is 9.47 Å². The Hall–Kier alpha value is -1.66. The second kappa shape index (κ2) is 5.38. The zero-order valence-corrected chi connectivity index (χ0v) is 11.1. The highest BCUT2D eigenvalue weighted by Gasteiger charge is 2.40. The SMILES string of the molecule is O=[N+]([O-])c1ccc(OC2CCC3(CC2)OCCO3)cc1. The third-order valence-electron chi connectivity index (χ3n) is 3.86. The Labute approximate surface area is 116 Å². The number of benzene rings is 1. The van der Waals surface area contributed by atoms with E-state index in [0.29, 0.717) is 19.0 Å². The van der Waals surface area contributed by atoms with Gasteiger partial charge in [-0.3, -0.25) is 10.1 Å². The maximum Gasteiger partial charge on any atom is 0.269 e. The van der Waals surface area contributed by atoms with Gasteiger partial charge in [0.1, 0.15) is 5.75 Å². The fourth-order valence-electron chi connectivity index (χ4n) is 2.77. The van der Waals surface area contributed by atoms with Crippen molar-refractivity contribution in [2.45, 2.75) is 37.6 Å². The number of nitro benzene ring substituents is 1. The molecule has 1 heterocycles. The lowest BCUT2D eigenvalue weighted by atomic mass is 9.92. The quantitative estimate of drug-likeness (QED) is 0.628. The molecule has 0 bridgehead atoms. The van der Waals surface area contributed by atoms with E-state index in [2.05, 4.69) is 0 Å². The Morgan fingerprint density at radius 2 is 1.75 bits per heavy atom. The summed E-state index contributed by atoms with van der Waals surface area (Å²) in [6, 6.07) is 6.21. The predicted octanol–water partition coefficient (Wildman–Crippen LogP) is 2.66. The smallest absolute Gasteiger partial charge is 0.269 e. The summed E-state index contributed by atoms with van der Waals surface area (Å²) in [5.41, 5.74) is 0.0766. The molecule has 2 aliphatic rings. The van der Waals surface area contributed by atoms with Gasteiger partial charge in [0.2, 0.25) is 0 Å². The molecule has 108 valence electrons. The van der Waals surface area contributed by atoms with E-state index < -0.39 is 4.92 Å². The van der Waals surface area contributed by atoms with E-state index in [-0.39, 0.29) is 17.6 Å². The number of nitro groups is 1. The van der Waals surface area contributed by atoms with Crippen molar-refractivity contribution in [3.05, 3.63) is 34.4 Å². The number of hydrogen-bond acceptors (Lipinski definition) is 5. The van der Waals surface area contributed by atoms with Crippen LogP contribution in [0.1, 0.15) is 25.7 Å². The van der Waals surface area contributed by atoms with Crippen LogP contribution in [0.15, 0.2) is 24.3 Å². The Bertz CT molecular complexity index is 471. The van der Waals surface area contributed by atoms with Gasteiger partial charge in [0.15, 0.2) is 5.79 Å². The van der Waals surface area contributed by atoms with Crippen LogP contribution in [0.2, 0.25) is 0 Å². The number of hydrogen-bond donors (Lipinski definition) is 0. The molecule has 1 spiro atoms. The van der Waals surface area contributed by atoms with E-state index in [0.717, 1.165) is 25.7 Å². The first kappa shape index (κ1) is 13.3. The van der Waals surface area contributed by atoms with Gasteiger partial charge in [-0.25, -0.2) is 0 Å². The molecule has 6 heteroatoms. The Balaban J connectivity index is 1.55. The van der Waals surface area contributed by atoms with E-state index in [9.17, 15) is 10.1 Å². The maximum absolute atomic E-state index is 10.6. The van der Waals surface area contributed by atoms with Gasteiger partial charge in [0.25, 0.3) is 5.69 Å². The van der Waals surface area contributed by atoms with E-state index in [4.69, 9.17) is 14.2 Å². The number of nitrogens with zero attached hydrogens (tertiary/aromatic N) is 1. The summed E-state index contributed by atoms with van der Waals surface area (Å²) in [7, 11) is 0. The molecule has 0 unspecified atom stereocenters. The van der Waals surface area contributed by atoms with Gasteiger partial charge in [0.05, 0.1) is 24.2 Å². The minimum Gasteiger partial charge on any atom is -0.490 e. The lowest BCUT2D eigenvalue weighted by Crippen LogP contribution is -2.38. The van der Waals surface area contributed by atoms with Crippen molar-refractivity contribution < 1.29 is 19.1 Å². The van der Waals surface area contributed by atoms with Crippen molar-refractivity contribution >= 4 is 5.69 Å². The summed E-state index contributed by atoms with van der Waals surface area (Å²) in [5, 5.41) is 10.6. The van der Waals surface area contributed by atoms with E-state index >= 15 is 0 Å². The summed E-state index contributed by atoms with van der Waals surface area (Å²) >= 11 is 0. The predicted molar refractivity (Wildman–Crippen MR) is 70.6 cm³/mol. The van der Waals surface area contributed by atoms with Crippen LogP contribution < -0.4 is 4.74 Å². The molecule has 1 saturated heterocycles. The molecule has 3 rings (SSSR count). The van der Waals surface area contributed by atoms with E-state index in [1.807, 2.05) is 0 Å². The molecule has 0 aromatic heterocycles. The van der Waals surface area contributed by atoms with Crippen molar-refractivity contribution in [2.75, 3.05) is 13.2 Å². The highest BCUT2D eigenvalue weighted by molar-refractivity contribution is 5.36. The standard InChI is InChI=1S/C14H17NO5/c16-15(17)11-1-3-12(4-2-11)20-13-5-7-14(8-6-13)18-9-10-19-14/h1-4,13H,5-10H2. The lowest BCUT2D eigenvalue weighted by Gasteiger charge is -2.35. The fraction of sp³-hybridized carbons (Fsp3) is 0.571. The number of rotatable bonds is 3. The molecule has 1 aliphatic carbocycles. The van der Waals surface area contributed by atoms with Gasteiger partial charge in [-0.2, -0.15) is 0 Å². The zero-order chi connectivity index (χ0) is 14.0. The van der Waals surface area contributed by atoms with Gasteiger partial charge in [-0.1, -0.05) is 0 Å². The van der Waals surface area contributed by atoms with Crippen LogP contribution >= 0.6 is 0 Å². The van der Waals surface area contributed by atoms with Crippen molar-refractivity contribution in [3.8, 4) is 5.75 Å². The molecule has 1 aromatic carbocycles. The van der Waals surface area contributed by atoms with E-state index in [1.54, 1.807) is 12.1 Å². The molecule has 0 atom stereocenters. The normalized spacial score (nSPS) is 22.0. The summed E-state index contributed by atoms with van der Waals surface area (Å²) in [6.07, 6.45) is 3.54. The summed E-state index contributed by atoms with van der Waals surface area (Å²) in [6.45, 7) is 1.35. The van der Waals surface area contributed by atoms with Crippen LogP contribution in [0.25, 0.3) is 0 Å². The molecule has 1 aliphatic heterocycles. The summed E-state index contributed by atoms with van der Waals surface area (Å²) < 4.78 is 17.2. The Morgan fingerprint density at radius 3 is 2.30 bits per heavy atom. The van der Waals surface area contributed by atoms with Gasteiger partial charge in [-0.15, -0.1) is 0 Å². The number of non-ortho nitro benzene ring substituents is 1. The van der Waals surface area contributed by atoms with Gasteiger partial charge in [0, 0.05) is 25.0 Å². The zero-order valence-electron chi connectivity index (χ0n) is 11.1. The Morgan fingerprint density at radius 1 is 1.15 bits per heavy atom. The minimum absolute atomic E-state index is 0.0766. The molecule has 6 nitrogen and oxygen atoms in total. The second-order valence-corrected chi connectivity index (χ2v) is 5.18. The van der Waals surface area contributed by atoms with Crippen molar-refractivity contribution in [1.29, 1.82) is 0 Å². The molecule has 1 saturated carbocycles. The molecular weight excluding hydrogens is 262 g/mol. The Kier molecular flexibility index (Phi) is 3.58. The summed E-state index contributed by atoms with van der Waals surface area (Å²) in [5.74, 6) is 0.291. The third kappa shape index (κ3) is 2.76. The average Bonchev–Trinajstić information content (AvgIpc) is 2.91. The van der Waals surface area contributed by atoms with Crippen LogP contribution in [0, 0.1) is 10.1 Å². The van der Waals surface area contributed by atoms with Gasteiger partial charge < -0.3 is 14.2 Å². The molecule has 20 heavy (non-hydrogen) atoms. The second-order valence-electron chi connectivity index (χ2n) is 5.18. The first-order valence-electron chi connectivity index (χ1n) is 6.86. The largest absolute Gasteiger partial charge is 0.490 e. The highest BCUT2D eigenvalue weighted by atomic mass is 16.7. The minimum atomic E-state index is -0.414. The van der Waals surface area contributed by atoms with Gasteiger partial charge >= 0.3 is 0 Å². The van der Waals surface area contributed by atoms with Crippen LogP contribution in [0.3, 0.4) is 0 Å². The van der Waals surface area contributed by atoms with Crippen LogP contribution in [-0.4, -0.2) is 30.0 Å². The molecule has 0 amide bonds. The van der Waals surface area contributed by atoms with Crippen LogP contribution in [0.5, 0.6) is 5.75 Å². The number of ether oxygens (including phenoxy) is 3. The summed E-state index contributed by atoms with van der Waals surface area (Å²) in [4.78, 5) is 10.2. The first-order chi connectivity index (χ1) is 9.67. The average molecular weight is 279 g/mol. The first-order valence-corrected chi connectivity index (χ1v) is 6.86. The van der Waals surface area contributed by atoms with E-state index in [1.165, 1.54) is 12.1 Å². The molecule has 1 aromatic rings. The fourth-order valence-corrected chi connectivity index (χ4v) is 2.77. The maximum atomic E-state index is 10.6. The lowest BCUT2D eigenvalue weighted by molar-refractivity contribution is -0.384. The molecule has 0 N–H and O–H groups in total. The van der Waals surface area contributed by atoms with Crippen molar-refractivity contribution in [2.24, 2.45) is 0 Å². The van der Waals surface area contributed by atoms with Crippen molar-refractivity contribution in [1.82, 2.24) is 0 Å². The highest BCUT2D eigenvalue weighted by Crippen LogP contribution is 2.37. The topological polar surface area (TPSA) is 70.8 Å².